The molecule has 1 nitrogen and oxygen atoms in total. The molecule has 0 aromatic heterocycles. The summed E-state index contributed by atoms with van der Waals surface area (Å²) in [5.74, 6) is 1.67. The van der Waals surface area contributed by atoms with E-state index in [0.29, 0.717) is 5.92 Å². The van der Waals surface area contributed by atoms with E-state index in [9.17, 15) is 0 Å². The maximum atomic E-state index is 5.94. The molecule has 14 heavy (non-hydrogen) atoms. The van der Waals surface area contributed by atoms with E-state index in [4.69, 9.17) is 4.74 Å². The first-order chi connectivity index (χ1) is 6.48. The van der Waals surface area contributed by atoms with Crippen molar-refractivity contribution in [3.8, 4) is 5.75 Å². The SMILES string of the molecule is Cc1ccc2c(c1)[C@H](C)CC(C)(C)O2. The largest absolute Gasteiger partial charge is 0.488 e. The van der Waals surface area contributed by atoms with Gasteiger partial charge in [-0.3, -0.25) is 0 Å². The van der Waals surface area contributed by atoms with Gasteiger partial charge in [0.2, 0.25) is 0 Å². The first-order valence-corrected chi connectivity index (χ1v) is 5.27. The van der Waals surface area contributed by atoms with Crippen LogP contribution in [0.5, 0.6) is 5.75 Å². The van der Waals surface area contributed by atoms with Crippen molar-refractivity contribution in [3.05, 3.63) is 29.3 Å². The Labute approximate surface area is 86.1 Å². The summed E-state index contributed by atoms with van der Waals surface area (Å²) < 4.78 is 5.94. The van der Waals surface area contributed by atoms with Crippen molar-refractivity contribution in [2.75, 3.05) is 0 Å². The van der Waals surface area contributed by atoms with Crippen LogP contribution in [0.4, 0.5) is 0 Å². The number of rotatable bonds is 0. The van der Waals surface area contributed by atoms with Gasteiger partial charge in [0.1, 0.15) is 11.4 Å². The molecule has 0 N–H and O–H groups in total. The molecule has 0 unspecified atom stereocenters. The van der Waals surface area contributed by atoms with Crippen molar-refractivity contribution in [1.29, 1.82) is 0 Å². The maximum absolute atomic E-state index is 5.94. The maximum Gasteiger partial charge on any atom is 0.123 e. The van der Waals surface area contributed by atoms with Crippen molar-refractivity contribution >= 4 is 0 Å². The average Bonchev–Trinajstić information content (AvgIpc) is 2.05. The molecule has 0 amide bonds. The van der Waals surface area contributed by atoms with Gasteiger partial charge in [0.05, 0.1) is 0 Å². The topological polar surface area (TPSA) is 9.23 Å². The van der Waals surface area contributed by atoms with Crippen LogP contribution in [0.15, 0.2) is 18.2 Å². The van der Waals surface area contributed by atoms with E-state index in [0.717, 1.165) is 12.2 Å². The summed E-state index contributed by atoms with van der Waals surface area (Å²) in [5, 5.41) is 0. The van der Waals surface area contributed by atoms with Crippen molar-refractivity contribution in [3.63, 3.8) is 0 Å². The first-order valence-electron chi connectivity index (χ1n) is 5.27. The summed E-state index contributed by atoms with van der Waals surface area (Å²) in [6, 6.07) is 6.46. The van der Waals surface area contributed by atoms with Crippen LogP contribution < -0.4 is 4.74 Å². The molecule has 2 rings (SSSR count). The lowest BCUT2D eigenvalue weighted by Gasteiger charge is -2.36. The molecule has 0 fully saturated rings. The van der Waals surface area contributed by atoms with Crippen molar-refractivity contribution in [2.45, 2.75) is 45.6 Å². The van der Waals surface area contributed by atoms with Crippen molar-refractivity contribution in [1.82, 2.24) is 0 Å². The fraction of sp³-hybridized carbons (Fsp3) is 0.538. The highest BCUT2D eigenvalue weighted by Gasteiger charge is 2.30. The van der Waals surface area contributed by atoms with Gasteiger partial charge >= 0.3 is 0 Å². The smallest absolute Gasteiger partial charge is 0.123 e. The third kappa shape index (κ3) is 1.63. The summed E-state index contributed by atoms with van der Waals surface area (Å²) in [6.45, 7) is 8.73. The van der Waals surface area contributed by atoms with Gasteiger partial charge in [0, 0.05) is 0 Å². The normalized spacial score (nSPS) is 23.9. The Morgan fingerprint density at radius 1 is 1.36 bits per heavy atom. The number of benzene rings is 1. The van der Waals surface area contributed by atoms with Crippen LogP contribution in [0.3, 0.4) is 0 Å². The molecule has 1 heterocycles. The molecule has 1 aromatic carbocycles. The fourth-order valence-corrected chi connectivity index (χ4v) is 2.33. The Kier molecular flexibility index (Phi) is 2.06. The third-order valence-electron chi connectivity index (χ3n) is 2.88. The Morgan fingerprint density at radius 2 is 2.07 bits per heavy atom. The van der Waals surface area contributed by atoms with Gasteiger partial charge in [-0.15, -0.1) is 0 Å². The highest BCUT2D eigenvalue weighted by molar-refractivity contribution is 5.41. The predicted octanol–water partition coefficient (Wildman–Crippen LogP) is 3.66. The molecule has 0 spiro atoms. The van der Waals surface area contributed by atoms with Gasteiger partial charge in [0.25, 0.3) is 0 Å². The van der Waals surface area contributed by atoms with Crippen LogP contribution in [0, 0.1) is 6.92 Å². The summed E-state index contributed by atoms with van der Waals surface area (Å²) in [5.41, 5.74) is 2.67. The lowest BCUT2D eigenvalue weighted by atomic mass is 9.85. The minimum absolute atomic E-state index is 0.0122. The molecular formula is C13H18O. The summed E-state index contributed by atoms with van der Waals surface area (Å²) >= 11 is 0. The molecule has 76 valence electrons. The first kappa shape index (κ1) is 9.57. The van der Waals surface area contributed by atoms with Crippen LogP contribution in [0.1, 0.15) is 44.2 Å². The monoisotopic (exact) mass is 190 g/mol. The summed E-state index contributed by atoms with van der Waals surface area (Å²) in [4.78, 5) is 0. The molecule has 1 atom stereocenters. The van der Waals surface area contributed by atoms with Gasteiger partial charge < -0.3 is 4.74 Å². The van der Waals surface area contributed by atoms with E-state index in [1.54, 1.807) is 0 Å². The molecule has 0 aliphatic carbocycles. The van der Waals surface area contributed by atoms with E-state index in [-0.39, 0.29) is 5.60 Å². The van der Waals surface area contributed by atoms with Gasteiger partial charge in [-0.05, 0) is 44.7 Å². The van der Waals surface area contributed by atoms with Gasteiger partial charge in [0.15, 0.2) is 0 Å². The molecular weight excluding hydrogens is 172 g/mol. The van der Waals surface area contributed by atoms with Gasteiger partial charge in [-0.25, -0.2) is 0 Å². The standard InChI is InChI=1S/C13H18O/c1-9-5-6-12-11(7-9)10(2)8-13(3,4)14-12/h5-7,10H,8H2,1-4H3/t10-/m1/s1. The van der Waals surface area contributed by atoms with E-state index in [2.05, 4.69) is 45.9 Å². The van der Waals surface area contributed by atoms with E-state index >= 15 is 0 Å². The third-order valence-corrected chi connectivity index (χ3v) is 2.88. The zero-order chi connectivity index (χ0) is 10.3. The van der Waals surface area contributed by atoms with E-state index < -0.39 is 0 Å². The average molecular weight is 190 g/mol. The number of hydrogen-bond acceptors (Lipinski definition) is 1. The summed E-state index contributed by atoms with van der Waals surface area (Å²) in [6.07, 6.45) is 1.10. The minimum Gasteiger partial charge on any atom is -0.488 e. The zero-order valence-electron chi connectivity index (χ0n) is 9.42. The Morgan fingerprint density at radius 3 is 2.79 bits per heavy atom. The predicted molar refractivity (Wildman–Crippen MR) is 58.9 cm³/mol. The molecule has 0 saturated carbocycles. The second-order valence-electron chi connectivity index (χ2n) is 5.01. The van der Waals surface area contributed by atoms with Crippen molar-refractivity contribution in [2.24, 2.45) is 0 Å². The van der Waals surface area contributed by atoms with Crippen LogP contribution >= 0.6 is 0 Å². The molecule has 0 radical (unpaired) electrons. The molecule has 1 aliphatic rings. The second kappa shape index (κ2) is 3.01. The minimum atomic E-state index is -0.0122. The number of ether oxygens (including phenoxy) is 1. The number of hydrogen-bond donors (Lipinski definition) is 0. The van der Waals surface area contributed by atoms with E-state index in [1.165, 1.54) is 11.1 Å². The second-order valence-corrected chi connectivity index (χ2v) is 5.01. The van der Waals surface area contributed by atoms with Crippen molar-refractivity contribution < 1.29 is 4.74 Å². The Balaban J connectivity index is 2.45. The molecule has 0 bridgehead atoms. The Hall–Kier alpha value is -0.980. The van der Waals surface area contributed by atoms with Crippen LogP contribution in [0.25, 0.3) is 0 Å². The molecule has 0 saturated heterocycles. The highest BCUT2D eigenvalue weighted by atomic mass is 16.5. The quantitative estimate of drug-likeness (QED) is 0.606. The number of fused-ring (bicyclic) bond motifs is 1. The lowest BCUT2D eigenvalue weighted by molar-refractivity contribution is 0.0746. The number of aryl methyl sites for hydroxylation is 1. The Bertz CT molecular complexity index is 352. The van der Waals surface area contributed by atoms with Crippen LogP contribution in [-0.2, 0) is 0 Å². The van der Waals surface area contributed by atoms with Crippen LogP contribution in [-0.4, -0.2) is 5.60 Å². The van der Waals surface area contributed by atoms with Gasteiger partial charge in [-0.2, -0.15) is 0 Å². The van der Waals surface area contributed by atoms with Gasteiger partial charge in [-0.1, -0.05) is 24.6 Å². The lowest BCUT2D eigenvalue weighted by Crippen LogP contribution is -2.34. The fourth-order valence-electron chi connectivity index (χ4n) is 2.33. The summed E-state index contributed by atoms with van der Waals surface area (Å²) in [7, 11) is 0. The molecule has 1 heteroatoms. The zero-order valence-corrected chi connectivity index (χ0v) is 9.42. The molecule has 1 aliphatic heterocycles. The molecule has 1 aromatic rings. The van der Waals surface area contributed by atoms with E-state index in [1.807, 2.05) is 0 Å². The van der Waals surface area contributed by atoms with Crippen LogP contribution in [0.2, 0.25) is 0 Å². The highest BCUT2D eigenvalue weighted by Crippen LogP contribution is 2.40.